The van der Waals surface area contributed by atoms with Gasteiger partial charge in [0.2, 0.25) is 11.8 Å². The average Bonchev–Trinajstić information content (AvgIpc) is 3.68. The third kappa shape index (κ3) is 10.5. The number of nitrogens with zero attached hydrogens (tertiary/aromatic N) is 2. The van der Waals surface area contributed by atoms with Gasteiger partial charge < -0.3 is 29.9 Å². The highest BCUT2D eigenvalue weighted by Gasteiger charge is 2.50. The molecule has 12 nitrogen and oxygen atoms in total. The number of carbonyl (C=O) groups excluding carboxylic acids is 4. The van der Waals surface area contributed by atoms with E-state index in [1.54, 1.807) is 13.0 Å². The first-order valence-corrected chi connectivity index (χ1v) is 17.0. The number of amides is 3. The Balaban J connectivity index is 1.29. The fourth-order valence-corrected chi connectivity index (χ4v) is 5.86. The van der Waals surface area contributed by atoms with Crippen molar-refractivity contribution in [1.29, 1.82) is 0 Å². The molecule has 4 atom stereocenters. The smallest absolute Gasteiger partial charge is 0.274 e. The minimum absolute atomic E-state index is 0.0426. The molecule has 3 amide bonds. The molecule has 0 bridgehead atoms. The summed E-state index contributed by atoms with van der Waals surface area (Å²) in [6.07, 6.45) is 1.40. The van der Waals surface area contributed by atoms with Crippen molar-refractivity contribution >= 4 is 23.5 Å². The van der Waals surface area contributed by atoms with E-state index in [1.165, 1.54) is 0 Å². The molecule has 2 aliphatic heterocycles. The van der Waals surface area contributed by atoms with Crippen molar-refractivity contribution in [2.75, 3.05) is 32.9 Å². The summed E-state index contributed by atoms with van der Waals surface area (Å²) < 4.78 is 16.3. The molecule has 2 saturated heterocycles. The van der Waals surface area contributed by atoms with E-state index in [4.69, 9.17) is 14.0 Å². The minimum Gasteiger partial charge on any atom is -0.379 e. The van der Waals surface area contributed by atoms with Crippen LogP contribution in [0.15, 0.2) is 71.3 Å². The van der Waals surface area contributed by atoms with Crippen LogP contribution in [0.5, 0.6) is 0 Å². The van der Waals surface area contributed by atoms with Gasteiger partial charge in [-0.15, -0.1) is 0 Å². The van der Waals surface area contributed by atoms with Crippen LogP contribution in [-0.4, -0.2) is 90.2 Å². The summed E-state index contributed by atoms with van der Waals surface area (Å²) in [7, 11) is 0. The van der Waals surface area contributed by atoms with Crippen molar-refractivity contribution in [3.05, 3.63) is 89.3 Å². The first-order chi connectivity index (χ1) is 23.6. The number of nitrogens with one attached hydrogen (secondary N) is 3. The second kappa shape index (κ2) is 16.8. The molecular formula is C37H47N5O7. The Morgan fingerprint density at radius 3 is 2.10 bits per heavy atom. The summed E-state index contributed by atoms with van der Waals surface area (Å²) in [6, 6.07) is 17.9. The van der Waals surface area contributed by atoms with Crippen molar-refractivity contribution in [2.45, 2.75) is 76.7 Å². The van der Waals surface area contributed by atoms with Gasteiger partial charge in [0.15, 0.2) is 17.2 Å². The number of carbonyl (C=O) groups is 4. The Morgan fingerprint density at radius 1 is 0.857 bits per heavy atom. The molecule has 2 aliphatic rings. The van der Waals surface area contributed by atoms with E-state index >= 15 is 0 Å². The van der Waals surface area contributed by atoms with E-state index in [2.05, 4.69) is 26.0 Å². The maximum atomic E-state index is 13.9. The van der Waals surface area contributed by atoms with Crippen LogP contribution >= 0.6 is 0 Å². The average molecular weight is 674 g/mol. The number of hydrogen-bond acceptors (Lipinski definition) is 9. The van der Waals surface area contributed by atoms with Crippen molar-refractivity contribution in [1.82, 2.24) is 26.0 Å². The van der Waals surface area contributed by atoms with E-state index in [-0.39, 0.29) is 30.2 Å². The highest BCUT2D eigenvalue weighted by molar-refractivity contribution is 5.99. The maximum Gasteiger partial charge on any atom is 0.274 e. The van der Waals surface area contributed by atoms with Gasteiger partial charge in [-0.3, -0.25) is 24.1 Å². The Labute approximate surface area is 287 Å². The molecule has 1 aromatic heterocycles. The maximum absolute atomic E-state index is 13.9. The molecule has 12 heteroatoms. The van der Waals surface area contributed by atoms with Crippen LogP contribution in [0, 0.1) is 5.92 Å². The summed E-state index contributed by atoms with van der Waals surface area (Å²) in [5.74, 6) is -1.17. The number of morpholine rings is 1. The lowest BCUT2D eigenvalue weighted by atomic mass is 9.94. The van der Waals surface area contributed by atoms with Crippen molar-refractivity contribution in [3.8, 4) is 0 Å². The number of benzene rings is 2. The summed E-state index contributed by atoms with van der Waals surface area (Å²) in [5, 5.41) is 12.6. The van der Waals surface area contributed by atoms with Gasteiger partial charge in [0.05, 0.1) is 32.4 Å². The molecule has 0 radical (unpaired) electrons. The number of Topliss-reactive ketones (excluding diaryl/α,β-unsaturated/α-hetero) is 1. The predicted molar refractivity (Wildman–Crippen MR) is 181 cm³/mol. The van der Waals surface area contributed by atoms with Crippen LogP contribution in [0.1, 0.15) is 61.0 Å². The first-order valence-electron chi connectivity index (χ1n) is 17.0. The summed E-state index contributed by atoms with van der Waals surface area (Å²) in [5.41, 5.74) is 1.01. The van der Waals surface area contributed by atoms with Crippen LogP contribution < -0.4 is 16.0 Å². The molecule has 49 heavy (non-hydrogen) atoms. The zero-order valence-corrected chi connectivity index (χ0v) is 28.5. The zero-order chi connectivity index (χ0) is 34.8. The third-order valence-corrected chi connectivity index (χ3v) is 8.82. The van der Waals surface area contributed by atoms with Crippen LogP contribution in [0.3, 0.4) is 0 Å². The van der Waals surface area contributed by atoms with Gasteiger partial charge in [0, 0.05) is 19.2 Å². The molecule has 0 saturated carbocycles. The SMILES string of the molecule is CC(C)C[C@H](NC(=O)C(CCc1ccccc1)NC(=O)c1cc(CN2CCOCC2)on1)C(=O)NC(Cc1ccccc1)C(=O)C1(C)CO1. The van der Waals surface area contributed by atoms with Gasteiger partial charge in [-0.25, -0.2) is 0 Å². The Hall–Kier alpha value is -4.39. The van der Waals surface area contributed by atoms with E-state index in [0.29, 0.717) is 45.0 Å². The highest BCUT2D eigenvalue weighted by Crippen LogP contribution is 2.29. The van der Waals surface area contributed by atoms with E-state index in [0.717, 1.165) is 24.2 Å². The van der Waals surface area contributed by atoms with Gasteiger partial charge in [-0.2, -0.15) is 0 Å². The molecule has 0 spiro atoms. The number of aromatic nitrogens is 1. The fourth-order valence-electron chi connectivity index (χ4n) is 5.86. The zero-order valence-electron chi connectivity index (χ0n) is 28.5. The van der Waals surface area contributed by atoms with Gasteiger partial charge in [0.1, 0.15) is 17.7 Å². The van der Waals surface area contributed by atoms with E-state index in [1.807, 2.05) is 74.5 Å². The number of ketones is 1. The van der Waals surface area contributed by atoms with Gasteiger partial charge in [-0.05, 0) is 49.7 Å². The molecule has 2 aromatic carbocycles. The lowest BCUT2D eigenvalue weighted by molar-refractivity contribution is -0.133. The van der Waals surface area contributed by atoms with Crippen LogP contribution in [0.25, 0.3) is 0 Å². The largest absolute Gasteiger partial charge is 0.379 e. The highest BCUT2D eigenvalue weighted by atomic mass is 16.6. The quantitative estimate of drug-likeness (QED) is 0.184. The second-order valence-electron chi connectivity index (χ2n) is 13.4. The number of rotatable bonds is 17. The second-order valence-corrected chi connectivity index (χ2v) is 13.4. The van der Waals surface area contributed by atoms with Gasteiger partial charge in [-0.1, -0.05) is 79.7 Å². The molecule has 5 rings (SSSR count). The third-order valence-electron chi connectivity index (χ3n) is 8.82. The van der Waals surface area contributed by atoms with Gasteiger partial charge in [0.25, 0.3) is 5.91 Å². The molecule has 262 valence electrons. The molecule has 3 unspecified atom stereocenters. The first kappa shape index (κ1) is 35.9. The van der Waals surface area contributed by atoms with Crippen LogP contribution in [-0.2, 0) is 43.2 Å². The number of epoxide rings is 1. The lowest BCUT2D eigenvalue weighted by Gasteiger charge is -2.27. The number of hydrogen-bond donors (Lipinski definition) is 3. The van der Waals surface area contributed by atoms with E-state index in [9.17, 15) is 19.2 Å². The number of aryl methyl sites for hydroxylation is 1. The molecule has 3 heterocycles. The predicted octanol–water partition coefficient (Wildman–Crippen LogP) is 2.85. The van der Waals surface area contributed by atoms with E-state index < -0.39 is 41.4 Å². The Morgan fingerprint density at radius 2 is 1.47 bits per heavy atom. The Kier molecular flexibility index (Phi) is 12.3. The lowest BCUT2D eigenvalue weighted by Crippen LogP contribution is -2.57. The van der Waals surface area contributed by atoms with Crippen molar-refractivity contribution in [3.63, 3.8) is 0 Å². The number of ether oxygens (including phenoxy) is 2. The molecule has 3 aromatic rings. The summed E-state index contributed by atoms with van der Waals surface area (Å²) in [6.45, 7) is 9.17. The van der Waals surface area contributed by atoms with Gasteiger partial charge >= 0.3 is 0 Å². The molecule has 3 N–H and O–H groups in total. The normalized spacial score (nSPS) is 19.4. The van der Waals surface area contributed by atoms with Crippen molar-refractivity contribution in [2.24, 2.45) is 5.92 Å². The fraction of sp³-hybridized carbons (Fsp3) is 0.486. The topological polar surface area (TPSA) is 155 Å². The monoisotopic (exact) mass is 673 g/mol. The molecule has 2 fully saturated rings. The van der Waals surface area contributed by atoms with Crippen LogP contribution in [0.2, 0.25) is 0 Å². The molecule has 0 aliphatic carbocycles. The van der Waals surface area contributed by atoms with Crippen molar-refractivity contribution < 1.29 is 33.2 Å². The van der Waals surface area contributed by atoms with Crippen LogP contribution in [0.4, 0.5) is 0 Å². The summed E-state index contributed by atoms with van der Waals surface area (Å²) in [4.78, 5) is 56.7. The summed E-state index contributed by atoms with van der Waals surface area (Å²) >= 11 is 0. The standard InChI is InChI=1S/C37H47N5O7/c1-25(2)20-31(35(45)39-30(33(43)37(3)24-48-37)21-27-12-8-5-9-13-27)40-34(44)29(15-14-26-10-6-4-7-11-26)38-36(46)32-22-28(49-41-32)23-42-16-18-47-19-17-42/h4-13,22,25,29-31H,14-21,23-24H2,1-3H3,(H,38,46)(H,39,45)(H,40,44)/t29?,30?,31-,37?/m0/s1. The minimum atomic E-state index is -0.977. The Bertz CT molecular complexity index is 1550. The molecular weight excluding hydrogens is 626 g/mol.